The summed E-state index contributed by atoms with van der Waals surface area (Å²) < 4.78 is 2.32. The highest BCUT2D eigenvalue weighted by molar-refractivity contribution is 4.94. The van der Waals surface area contributed by atoms with Crippen molar-refractivity contribution in [3.8, 4) is 0 Å². The maximum atomic E-state index is 6.06. The SMILES string of the molecule is Cc1cn(C2CCCCC(N)CCCC2)cn1. The van der Waals surface area contributed by atoms with Crippen LogP contribution in [0.5, 0.6) is 0 Å². The highest BCUT2D eigenvalue weighted by Gasteiger charge is 2.13. The lowest BCUT2D eigenvalue weighted by molar-refractivity contribution is 0.369. The Bertz CT molecular complexity index is 320. The van der Waals surface area contributed by atoms with E-state index in [1.54, 1.807) is 0 Å². The Labute approximate surface area is 104 Å². The Morgan fingerprint density at radius 3 is 2.24 bits per heavy atom. The molecule has 0 unspecified atom stereocenters. The third kappa shape index (κ3) is 3.84. The maximum Gasteiger partial charge on any atom is 0.0951 e. The minimum Gasteiger partial charge on any atom is -0.334 e. The van der Waals surface area contributed by atoms with Crippen molar-refractivity contribution < 1.29 is 0 Å². The molecule has 0 amide bonds. The van der Waals surface area contributed by atoms with Gasteiger partial charge in [0.25, 0.3) is 0 Å². The van der Waals surface area contributed by atoms with Gasteiger partial charge >= 0.3 is 0 Å². The van der Waals surface area contributed by atoms with Crippen molar-refractivity contribution >= 4 is 0 Å². The first-order valence-electron chi connectivity index (χ1n) is 7.01. The molecule has 2 N–H and O–H groups in total. The second kappa shape index (κ2) is 6.20. The lowest BCUT2D eigenvalue weighted by atomic mass is 9.95. The first-order chi connectivity index (χ1) is 8.25. The summed E-state index contributed by atoms with van der Waals surface area (Å²) in [6, 6.07) is 1.10. The van der Waals surface area contributed by atoms with Gasteiger partial charge in [0.05, 0.1) is 12.0 Å². The first-order valence-corrected chi connectivity index (χ1v) is 7.01. The topological polar surface area (TPSA) is 43.8 Å². The van der Waals surface area contributed by atoms with Crippen LogP contribution in [0.3, 0.4) is 0 Å². The molecule has 96 valence electrons. The van der Waals surface area contributed by atoms with E-state index in [2.05, 4.69) is 22.7 Å². The van der Waals surface area contributed by atoms with Crippen molar-refractivity contribution in [3.05, 3.63) is 18.2 Å². The van der Waals surface area contributed by atoms with E-state index in [0.29, 0.717) is 12.1 Å². The van der Waals surface area contributed by atoms with Gasteiger partial charge in [0.1, 0.15) is 0 Å². The van der Waals surface area contributed by atoms with Gasteiger partial charge in [0.15, 0.2) is 0 Å². The molecule has 0 bridgehead atoms. The fourth-order valence-corrected chi connectivity index (χ4v) is 2.80. The molecule has 2 rings (SSSR count). The van der Waals surface area contributed by atoms with Gasteiger partial charge in [0, 0.05) is 18.3 Å². The Morgan fingerprint density at radius 1 is 1.12 bits per heavy atom. The predicted molar refractivity (Wildman–Crippen MR) is 70.9 cm³/mol. The Morgan fingerprint density at radius 2 is 1.71 bits per heavy atom. The molecular formula is C14H25N3. The van der Waals surface area contributed by atoms with E-state index in [0.717, 1.165) is 5.69 Å². The molecule has 1 heterocycles. The molecule has 3 nitrogen and oxygen atoms in total. The van der Waals surface area contributed by atoms with E-state index in [1.165, 1.54) is 51.4 Å². The smallest absolute Gasteiger partial charge is 0.0951 e. The molecule has 17 heavy (non-hydrogen) atoms. The summed E-state index contributed by atoms with van der Waals surface area (Å²) in [7, 11) is 0. The van der Waals surface area contributed by atoms with Crippen LogP contribution in [0.15, 0.2) is 12.5 Å². The van der Waals surface area contributed by atoms with E-state index in [1.807, 2.05) is 6.33 Å². The zero-order valence-corrected chi connectivity index (χ0v) is 10.9. The zero-order chi connectivity index (χ0) is 12.1. The molecule has 1 aromatic rings. The zero-order valence-electron chi connectivity index (χ0n) is 10.9. The van der Waals surface area contributed by atoms with Gasteiger partial charge in [-0.3, -0.25) is 0 Å². The number of aromatic nitrogens is 2. The second-order valence-corrected chi connectivity index (χ2v) is 5.45. The Kier molecular flexibility index (Phi) is 4.60. The molecule has 1 aliphatic rings. The third-order valence-corrected chi connectivity index (χ3v) is 3.88. The molecule has 0 aromatic carbocycles. The summed E-state index contributed by atoms with van der Waals surface area (Å²) in [5.74, 6) is 0. The number of nitrogens with zero attached hydrogens (tertiary/aromatic N) is 2. The van der Waals surface area contributed by atoms with E-state index in [4.69, 9.17) is 5.73 Å². The molecule has 0 radical (unpaired) electrons. The van der Waals surface area contributed by atoms with E-state index >= 15 is 0 Å². The van der Waals surface area contributed by atoms with Crippen LogP contribution in [0, 0.1) is 6.92 Å². The van der Waals surface area contributed by atoms with Gasteiger partial charge in [-0.15, -0.1) is 0 Å². The number of aryl methyl sites for hydroxylation is 1. The Hall–Kier alpha value is -0.830. The first kappa shape index (κ1) is 12.6. The largest absolute Gasteiger partial charge is 0.334 e. The molecule has 0 atom stereocenters. The summed E-state index contributed by atoms with van der Waals surface area (Å²) in [5.41, 5.74) is 7.19. The minimum absolute atomic E-state index is 0.446. The van der Waals surface area contributed by atoms with Crippen LogP contribution in [0.2, 0.25) is 0 Å². The predicted octanol–water partition coefficient (Wildman–Crippen LogP) is 3.19. The highest BCUT2D eigenvalue weighted by Crippen LogP contribution is 2.25. The lowest BCUT2D eigenvalue weighted by Crippen LogP contribution is -2.20. The molecule has 0 spiro atoms. The molecule has 0 aliphatic heterocycles. The molecule has 1 aromatic heterocycles. The standard InChI is InChI=1S/C14H25N3/c1-12-10-17(11-16-12)14-8-4-2-6-13(15)7-3-5-9-14/h10-11,13-14H,2-9,15H2,1H3. The van der Waals surface area contributed by atoms with Crippen LogP contribution in [-0.2, 0) is 0 Å². The summed E-state index contributed by atoms with van der Waals surface area (Å²) in [6.45, 7) is 2.07. The lowest BCUT2D eigenvalue weighted by Gasteiger charge is -2.21. The van der Waals surface area contributed by atoms with Crippen LogP contribution in [0.4, 0.5) is 0 Å². The normalized spacial score (nSPS) is 27.9. The quantitative estimate of drug-likeness (QED) is 0.812. The van der Waals surface area contributed by atoms with Crippen molar-refractivity contribution in [1.29, 1.82) is 0 Å². The van der Waals surface area contributed by atoms with Gasteiger partial charge in [0.2, 0.25) is 0 Å². The van der Waals surface area contributed by atoms with Gasteiger partial charge in [-0.05, 0) is 32.6 Å². The van der Waals surface area contributed by atoms with Gasteiger partial charge < -0.3 is 10.3 Å². The third-order valence-electron chi connectivity index (χ3n) is 3.88. The van der Waals surface area contributed by atoms with Gasteiger partial charge in [-0.2, -0.15) is 0 Å². The van der Waals surface area contributed by atoms with E-state index in [-0.39, 0.29) is 0 Å². The number of nitrogens with two attached hydrogens (primary N) is 1. The molecule has 0 saturated heterocycles. The number of hydrogen-bond acceptors (Lipinski definition) is 2. The van der Waals surface area contributed by atoms with E-state index < -0.39 is 0 Å². The number of rotatable bonds is 1. The van der Waals surface area contributed by atoms with Crippen molar-refractivity contribution in [2.24, 2.45) is 5.73 Å². The van der Waals surface area contributed by atoms with Crippen molar-refractivity contribution in [1.82, 2.24) is 9.55 Å². The summed E-state index contributed by atoms with van der Waals surface area (Å²) in [6.07, 6.45) is 14.3. The van der Waals surface area contributed by atoms with Crippen LogP contribution in [0.1, 0.15) is 63.1 Å². The van der Waals surface area contributed by atoms with Crippen LogP contribution in [-0.4, -0.2) is 15.6 Å². The van der Waals surface area contributed by atoms with Crippen molar-refractivity contribution in [2.75, 3.05) is 0 Å². The summed E-state index contributed by atoms with van der Waals surface area (Å²) in [5, 5.41) is 0. The summed E-state index contributed by atoms with van der Waals surface area (Å²) >= 11 is 0. The van der Waals surface area contributed by atoms with Crippen LogP contribution in [0.25, 0.3) is 0 Å². The minimum atomic E-state index is 0.446. The molecule has 3 heteroatoms. The average molecular weight is 235 g/mol. The number of hydrogen-bond donors (Lipinski definition) is 1. The molecule has 1 fully saturated rings. The van der Waals surface area contributed by atoms with Crippen LogP contribution < -0.4 is 5.73 Å². The van der Waals surface area contributed by atoms with Gasteiger partial charge in [-0.25, -0.2) is 4.98 Å². The fraction of sp³-hybridized carbons (Fsp3) is 0.786. The summed E-state index contributed by atoms with van der Waals surface area (Å²) in [4.78, 5) is 4.34. The maximum absolute atomic E-state index is 6.06. The Balaban J connectivity index is 1.93. The molecule has 1 aliphatic carbocycles. The molecule has 1 saturated carbocycles. The highest BCUT2D eigenvalue weighted by atomic mass is 15.1. The van der Waals surface area contributed by atoms with Crippen LogP contribution >= 0.6 is 0 Å². The molecular weight excluding hydrogens is 210 g/mol. The van der Waals surface area contributed by atoms with Crippen molar-refractivity contribution in [3.63, 3.8) is 0 Å². The van der Waals surface area contributed by atoms with Crippen molar-refractivity contribution in [2.45, 2.75) is 70.4 Å². The van der Waals surface area contributed by atoms with Gasteiger partial charge in [-0.1, -0.05) is 25.7 Å². The monoisotopic (exact) mass is 235 g/mol. The van der Waals surface area contributed by atoms with E-state index in [9.17, 15) is 0 Å². The number of imidazole rings is 1. The second-order valence-electron chi connectivity index (χ2n) is 5.45. The fourth-order valence-electron chi connectivity index (χ4n) is 2.80. The average Bonchev–Trinajstić information content (AvgIpc) is 2.74.